The molecule has 1 aromatic carbocycles. The van der Waals surface area contributed by atoms with E-state index in [1.165, 1.54) is 0 Å². The molecule has 3 rings (SSSR count). The molecule has 0 amide bonds. The van der Waals surface area contributed by atoms with Gasteiger partial charge in [0.25, 0.3) is 0 Å². The van der Waals surface area contributed by atoms with Crippen LogP contribution >= 0.6 is 0 Å². The van der Waals surface area contributed by atoms with Gasteiger partial charge in [0.1, 0.15) is 22.6 Å². The van der Waals surface area contributed by atoms with E-state index in [1.54, 1.807) is 12.3 Å². The van der Waals surface area contributed by atoms with Crippen molar-refractivity contribution >= 4 is 17.0 Å². The molecule has 0 radical (unpaired) electrons. The Bertz CT molecular complexity index is 545. The molecule has 1 heterocycles. The van der Waals surface area contributed by atoms with Crippen LogP contribution < -0.4 is 0 Å². The van der Waals surface area contributed by atoms with Crippen molar-refractivity contribution in [3.8, 4) is 0 Å². The summed E-state index contributed by atoms with van der Waals surface area (Å²) in [6.07, 6.45) is 6.89. The summed E-state index contributed by atoms with van der Waals surface area (Å²) in [5, 5.41) is 10.6. The minimum Gasteiger partial charge on any atom is -0.373 e. The second-order valence-electron chi connectivity index (χ2n) is 3.65. The van der Waals surface area contributed by atoms with Crippen LogP contribution in [0, 0.1) is 6.42 Å². The highest BCUT2D eigenvalue weighted by Gasteiger charge is 2.22. The maximum absolute atomic E-state index is 9.55. The number of rotatable bonds is 0. The molecule has 2 aromatic rings. The Balaban J connectivity index is 2.34. The molecule has 1 aliphatic carbocycles. The monoisotopic (exact) mass is 196 g/mol. The summed E-state index contributed by atoms with van der Waals surface area (Å²) in [4.78, 5) is 4.29. The average molecular weight is 196 g/mol. The first kappa shape index (κ1) is 8.50. The quantitative estimate of drug-likeness (QED) is 0.655. The normalized spacial score (nSPS) is 18.6. The molecule has 1 atom stereocenters. The van der Waals surface area contributed by atoms with Crippen LogP contribution in [-0.4, -0.2) is 16.2 Å². The second-order valence-corrected chi connectivity index (χ2v) is 3.65. The van der Waals surface area contributed by atoms with E-state index in [0.29, 0.717) is 0 Å². The molecular formula is C13H10NO+. The highest BCUT2D eigenvalue weighted by Crippen LogP contribution is 2.27. The number of aliphatic hydroxyl groups excluding tert-OH is 1. The summed E-state index contributed by atoms with van der Waals surface area (Å²) in [6, 6.07) is 7.98. The predicted octanol–water partition coefficient (Wildman–Crippen LogP) is 2.17. The maximum Gasteiger partial charge on any atom is 0.149 e. The number of nitrogens with zero attached hydrogens (tertiary/aromatic N) is 1. The molecule has 0 unspecified atom stereocenters. The van der Waals surface area contributed by atoms with Gasteiger partial charge in [-0.3, -0.25) is 0 Å². The summed E-state index contributed by atoms with van der Waals surface area (Å²) in [6.45, 7) is 0. The summed E-state index contributed by atoms with van der Waals surface area (Å²) in [7, 11) is 0. The standard InChI is InChI=1S/C13H10NO/c15-10-5-3-9-4-6-13-11(12(9)8-10)2-1-7-14-13/h1-8,10,15H/q+1/t10-/m0/s1. The fraction of sp³-hybridized carbons (Fsp3) is 0.0769. The van der Waals surface area contributed by atoms with Crippen LogP contribution in [0.25, 0.3) is 17.0 Å². The molecule has 0 bridgehead atoms. The molecular weight excluding hydrogens is 186 g/mol. The molecule has 72 valence electrons. The lowest BCUT2D eigenvalue weighted by Gasteiger charge is -2.08. The summed E-state index contributed by atoms with van der Waals surface area (Å²) in [5.74, 6) is 0. The molecule has 15 heavy (non-hydrogen) atoms. The topological polar surface area (TPSA) is 33.1 Å². The maximum atomic E-state index is 9.55. The first-order valence-corrected chi connectivity index (χ1v) is 4.93. The number of aromatic nitrogens is 1. The highest BCUT2D eigenvalue weighted by molar-refractivity contribution is 5.88. The average Bonchev–Trinajstić information content (AvgIpc) is 2.29. The van der Waals surface area contributed by atoms with E-state index in [-0.39, 0.29) is 0 Å². The number of benzene rings is 1. The Morgan fingerprint density at radius 1 is 1.27 bits per heavy atom. The lowest BCUT2D eigenvalue weighted by atomic mass is 9.92. The number of hydrogen-bond donors (Lipinski definition) is 1. The van der Waals surface area contributed by atoms with Gasteiger partial charge < -0.3 is 5.11 Å². The van der Waals surface area contributed by atoms with Gasteiger partial charge in [-0.25, -0.2) is 4.98 Å². The molecule has 0 spiro atoms. The minimum atomic E-state index is -0.483. The van der Waals surface area contributed by atoms with Crippen molar-refractivity contribution < 1.29 is 5.11 Å². The van der Waals surface area contributed by atoms with Gasteiger partial charge in [0.05, 0.1) is 12.0 Å². The number of fused-ring (bicyclic) bond motifs is 3. The third-order valence-electron chi connectivity index (χ3n) is 2.67. The summed E-state index contributed by atoms with van der Waals surface area (Å²) >= 11 is 0. The Kier molecular flexibility index (Phi) is 1.76. The molecule has 1 aromatic heterocycles. The second kappa shape index (κ2) is 3.11. The number of aliphatic hydroxyl groups is 1. The van der Waals surface area contributed by atoms with Gasteiger partial charge in [-0.1, -0.05) is 0 Å². The van der Waals surface area contributed by atoms with Crippen molar-refractivity contribution in [2.45, 2.75) is 6.10 Å². The zero-order chi connectivity index (χ0) is 10.3. The van der Waals surface area contributed by atoms with Crippen molar-refractivity contribution in [1.82, 2.24) is 4.98 Å². The van der Waals surface area contributed by atoms with Crippen molar-refractivity contribution in [3.63, 3.8) is 0 Å². The Morgan fingerprint density at radius 2 is 2.20 bits per heavy atom. The number of pyridine rings is 1. The molecule has 0 saturated carbocycles. The molecule has 1 aliphatic rings. The van der Waals surface area contributed by atoms with E-state index in [1.807, 2.05) is 36.8 Å². The molecule has 2 heteroatoms. The van der Waals surface area contributed by atoms with Crippen LogP contribution in [0.5, 0.6) is 0 Å². The third kappa shape index (κ3) is 1.30. The SMILES string of the molecule is O[C@H]1C=Cc2ccc3ncccc3c2[CH+]1. The third-order valence-corrected chi connectivity index (χ3v) is 2.67. The van der Waals surface area contributed by atoms with E-state index < -0.39 is 6.10 Å². The zero-order valence-electron chi connectivity index (χ0n) is 8.09. The van der Waals surface area contributed by atoms with Gasteiger partial charge in [0.15, 0.2) is 0 Å². The van der Waals surface area contributed by atoms with Crippen LogP contribution in [0.15, 0.2) is 36.5 Å². The van der Waals surface area contributed by atoms with E-state index in [9.17, 15) is 5.11 Å². The van der Waals surface area contributed by atoms with Crippen LogP contribution in [0.3, 0.4) is 0 Å². The van der Waals surface area contributed by atoms with E-state index >= 15 is 0 Å². The summed E-state index contributed by atoms with van der Waals surface area (Å²) < 4.78 is 0. The minimum absolute atomic E-state index is 0.483. The smallest absolute Gasteiger partial charge is 0.149 e. The fourth-order valence-corrected chi connectivity index (χ4v) is 1.95. The molecule has 0 fully saturated rings. The van der Waals surface area contributed by atoms with Crippen molar-refractivity contribution in [2.24, 2.45) is 0 Å². The first-order chi connectivity index (χ1) is 7.34. The molecule has 0 aliphatic heterocycles. The van der Waals surface area contributed by atoms with E-state index in [0.717, 1.165) is 22.0 Å². The summed E-state index contributed by atoms with van der Waals surface area (Å²) in [5.41, 5.74) is 3.19. The van der Waals surface area contributed by atoms with Gasteiger partial charge in [-0.15, -0.1) is 0 Å². The van der Waals surface area contributed by atoms with Gasteiger partial charge in [-0.2, -0.15) is 0 Å². The van der Waals surface area contributed by atoms with Gasteiger partial charge >= 0.3 is 0 Å². The Hall–Kier alpha value is -1.80. The first-order valence-electron chi connectivity index (χ1n) is 4.93. The molecule has 0 saturated heterocycles. The van der Waals surface area contributed by atoms with Crippen molar-refractivity contribution in [3.05, 3.63) is 54.1 Å². The Labute approximate surface area is 87.9 Å². The number of hydrogen-bond acceptors (Lipinski definition) is 2. The fourth-order valence-electron chi connectivity index (χ4n) is 1.95. The van der Waals surface area contributed by atoms with Crippen molar-refractivity contribution in [2.75, 3.05) is 0 Å². The van der Waals surface area contributed by atoms with E-state index in [4.69, 9.17) is 0 Å². The lowest BCUT2D eigenvalue weighted by molar-refractivity contribution is 0.259. The van der Waals surface area contributed by atoms with Crippen molar-refractivity contribution in [1.29, 1.82) is 0 Å². The van der Waals surface area contributed by atoms with Gasteiger partial charge in [0, 0.05) is 24.4 Å². The van der Waals surface area contributed by atoms with Crippen LogP contribution in [0.1, 0.15) is 11.1 Å². The largest absolute Gasteiger partial charge is 0.373 e. The van der Waals surface area contributed by atoms with E-state index in [2.05, 4.69) is 4.98 Å². The molecule has 1 N–H and O–H groups in total. The predicted molar refractivity (Wildman–Crippen MR) is 60.2 cm³/mol. The lowest BCUT2D eigenvalue weighted by Crippen LogP contribution is -2.09. The van der Waals surface area contributed by atoms with Gasteiger partial charge in [-0.05, 0) is 18.2 Å². The van der Waals surface area contributed by atoms with Crippen LogP contribution in [0.2, 0.25) is 0 Å². The van der Waals surface area contributed by atoms with Gasteiger partial charge in [0.2, 0.25) is 0 Å². The van der Waals surface area contributed by atoms with Crippen LogP contribution in [-0.2, 0) is 0 Å². The van der Waals surface area contributed by atoms with Crippen LogP contribution in [0.4, 0.5) is 0 Å². The highest BCUT2D eigenvalue weighted by atomic mass is 16.3. The Morgan fingerprint density at radius 3 is 3.13 bits per heavy atom. The zero-order valence-corrected chi connectivity index (χ0v) is 8.09. The molecule has 2 nitrogen and oxygen atoms in total.